The Morgan fingerprint density at radius 3 is 2.85 bits per heavy atom. The first-order valence-electron chi connectivity index (χ1n) is 8.97. The summed E-state index contributed by atoms with van der Waals surface area (Å²) in [5.74, 6) is 1.73. The van der Waals surface area contributed by atoms with Gasteiger partial charge < -0.3 is 15.8 Å². The molecule has 1 aliphatic heterocycles. The SMILES string of the molecule is Cc1ccncc1-c1cc2cc(NC(=O)C3C4COC[C@H]43)ncc2c(N)n1. The second-order valence-electron chi connectivity index (χ2n) is 7.25. The third kappa shape index (κ3) is 2.71. The normalized spacial score (nSPS) is 23.2. The van der Waals surface area contributed by atoms with E-state index in [1.807, 2.05) is 25.1 Å². The van der Waals surface area contributed by atoms with E-state index in [0.29, 0.717) is 36.7 Å². The van der Waals surface area contributed by atoms with Crippen LogP contribution in [0.5, 0.6) is 0 Å². The van der Waals surface area contributed by atoms with E-state index in [1.165, 1.54) is 0 Å². The van der Waals surface area contributed by atoms with Crippen molar-refractivity contribution in [2.75, 3.05) is 24.3 Å². The maximum atomic E-state index is 12.5. The van der Waals surface area contributed by atoms with E-state index in [4.69, 9.17) is 10.5 Å². The molecule has 3 N–H and O–H groups in total. The standard InChI is InChI=1S/C20H19N5O2/c1-10-2-3-22-6-12(10)16-4-11-5-17(23-7-13(11)19(21)24-16)25-20(26)18-14-8-27-9-15(14)18/h2-7,14-15,18H,8-9H2,1H3,(H2,21,24)(H,23,25,26)/t14-,15?,18?/m1/s1. The van der Waals surface area contributed by atoms with Crippen LogP contribution in [0.25, 0.3) is 22.0 Å². The number of nitrogens with zero attached hydrogens (tertiary/aromatic N) is 3. The van der Waals surface area contributed by atoms with Crippen molar-refractivity contribution in [2.45, 2.75) is 6.92 Å². The number of carbonyl (C=O) groups is 1. The van der Waals surface area contributed by atoms with E-state index in [-0.39, 0.29) is 11.8 Å². The molecule has 4 heterocycles. The molecule has 136 valence electrons. The summed E-state index contributed by atoms with van der Waals surface area (Å²) in [6.45, 7) is 3.38. The van der Waals surface area contributed by atoms with Gasteiger partial charge in [-0.3, -0.25) is 9.78 Å². The van der Waals surface area contributed by atoms with Crippen LogP contribution in [0.1, 0.15) is 5.56 Å². The third-order valence-electron chi connectivity index (χ3n) is 5.57. The Kier molecular flexibility index (Phi) is 3.58. The molecule has 0 aromatic carbocycles. The summed E-state index contributed by atoms with van der Waals surface area (Å²) in [6, 6.07) is 5.73. The van der Waals surface area contributed by atoms with Gasteiger partial charge in [-0.25, -0.2) is 9.97 Å². The van der Waals surface area contributed by atoms with E-state index in [2.05, 4.69) is 20.3 Å². The Balaban J connectivity index is 1.47. The Labute approximate surface area is 156 Å². The maximum Gasteiger partial charge on any atom is 0.229 e. The van der Waals surface area contributed by atoms with Gasteiger partial charge in [-0.05, 0) is 47.9 Å². The van der Waals surface area contributed by atoms with Gasteiger partial charge in [-0.15, -0.1) is 0 Å². The molecular formula is C20H19N5O2. The summed E-state index contributed by atoms with van der Waals surface area (Å²) in [5, 5.41) is 4.57. The van der Waals surface area contributed by atoms with Gasteiger partial charge in [0.25, 0.3) is 0 Å². The first-order chi connectivity index (χ1) is 13.1. The monoisotopic (exact) mass is 361 g/mol. The molecule has 1 saturated heterocycles. The van der Waals surface area contributed by atoms with Crippen LogP contribution in [0, 0.1) is 24.7 Å². The summed E-state index contributed by atoms with van der Waals surface area (Å²) in [4.78, 5) is 25.5. The fourth-order valence-corrected chi connectivity index (χ4v) is 3.95. The lowest BCUT2D eigenvalue weighted by Gasteiger charge is -2.10. The molecule has 3 atom stereocenters. The number of carbonyl (C=O) groups excluding carboxylic acids is 1. The molecule has 1 aliphatic carbocycles. The molecule has 0 spiro atoms. The van der Waals surface area contributed by atoms with E-state index >= 15 is 0 Å². The third-order valence-corrected chi connectivity index (χ3v) is 5.57. The fourth-order valence-electron chi connectivity index (χ4n) is 3.95. The summed E-state index contributed by atoms with van der Waals surface area (Å²) >= 11 is 0. The minimum absolute atomic E-state index is 0.0190. The predicted molar refractivity (Wildman–Crippen MR) is 102 cm³/mol. The van der Waals surface area contributed by atoms with Crippen molar-refractivity contribution in [2.24, 2.45) is 17.8 Å². The lowest BCUT2D eigenvalue weighted by atomic mass is 10.1. The molecule has 0 bridgehead atoms. The number of amides is 1. The molecular weight excluding hydrogens is 342 g/mol. The fraction of sp³-hybridized carbons (Fsp3) is 0.300. The van der Waals surface area contributed by atoms with Crippen LogP contribution in [-0.4, -0.2) is 34.1 Å². The number of ether oxygens (including phenoxy) is 1. The van der Waals surface area contributed by atoms with Gasteiger partial charge in [0.2, 0.25) is 5.91 Å². The summed E-state index contributed by atoms with van der Waals surface area (Å²) in [7, 11) is 0. The Bertz CT molecular complexity index is 1060. The summed E-state index contributed by atoms with van der Waals surface area (Å²) in [5.41, 5.74) is 8.90. The molecule has 2 unspecified atom stereocenters. The Morgan fingerprint density at radius 1 is 1.26 bits per heavy atom. The van der Waals surface area contributed by atoms with Gasteiger partial charge in [-0.1, -0.05) is 0 Å². The average molecular weight is 361 g/mol. The quantitative estimate of drug-likeness (QED) is 0.743. The van der Waals surface area contributed by atoms with E-state index < -0.39 is 0 Å². The van der Waals surface area contributed by atoms with Gasteiger partial charge in [-0.2, -0.15) is 0 Å². The van der Waals surface area contributed by atoms with Crippen LogP contribution < -0.4 is 11.1 Å². The summed E-state index contributed by atoms with van der Waals surface area (Å²) < 4.78 is 5.35. The molecule has 27 heavy (non-hydrogen) atoms. The van der Waals surface area contributed by atoms with Crippen molar-refractivity contribution < 1.29 is 9.53 Å². The zero-order chi connectivity index (χ0) is 18.5. The number of aryl methyl sites for hydroxylation is 1. The molecule has 3 aromatic rings. The number of anilines is 2. The minimum Gasteiger partial charge on any atom is -0.383 e. The molecule has 3 aromatic heterocycles. The zero-order valence-corrected chi connectivity index (χ0v) is 14.8. The molecule has 7 heteroatoms. The van der Waals surface area contributed by atoms with Crippen molar-refractivity contribution >= 4 is 28.3 Å². The second kappa shape index (κ2) is 5.99. The summed E-state index contributed by atoms with van der Waals surface area (Å²) in [6.07, 6.45) is 5.18. The number of hydrogen-bond donors (Lipinski definition) is 2. The van der Waals surface area contributed by atoms with Gasteiger partial charge in [0.15, 0.2) is 0 Å². The first kappa shape index (κ1) is 16.1. The van der Waals surface area contributed by atoms with Crippen molar-refractivity contribution in [3.63, 3.8) is 0 Å². The predicted octanol–water partition coefficient (Wildman–Crippen LogP) is 2.41. The van der Waals surface area contributed by atoms with Crippen molar-refractivity contribution in [3.8, 4) is 11.3 Å². The molecule has 2 fully saturated rings. The smallest absolute Gasteiger partial charge is 0.229 e. The number of nitrogens with two attached hydrogens (primary N) is 1. The van der Waals surface area contributed by atoms with Crippen LogP contribution in [0.4, 0.5) is 11.6 Å². The number of nitrogens with one attached hydrogen (secondary N) is 1. The lowest BCUT2D eigenvalue weighted by molar-refractivity contribution is -0.118. The van der Waals surface area contributed by atoms with Crippen molar-refractivity contribution in [1.29, 1.82) is 0 Å². The molecule has 2 aliphatic rings. The van der Waals surface area contributed by atoms with Crippen LogP contribution in [-0.2, 0) is 9.53 Å². The van der Waals surface area contributed by atoms with Gasteiger partial charge in [0, 0.05) is 35.5 Å². The van der Waals surface area contributed by atoms with Crippen LogP contribution in [0.15, 0.2) is 36.8 Å². The highest BCUT2D eigenvalue weighted by Crippen LogP contribution is 2.51. The van der Waals surface area contributed by atoms with Crippen LogP contribution in [0.2, 0.25) is 0 Å². The number of rotatable bonds is 3. The van der Waals surface area contributed by atoms with Crippen molar-refractivity contribution in [1.82, 2.24) is 15.0 Å². The highest BCUT2D eigenvalue weighted by molar-refractivity contribution is 5.98. The molecule has 0 radical (unpaired) electrons. The average Bonchev–Trinajstić information content (AvgIpc) is 3.14. The van der Waals surface area contributed by atoms with Gasteiger partial charge in [0.05, 0.1) is 18.9 Å². The highest BCUT2D eigenvalue weighted by Gasteiger charge is 2.58. The molecule has 7 nitrogen and oxygen atoms in total. The maximum absolute atomic E-state index is 12.5. The minimum atomic E-state index is 0.0190. The number of fused-ring (bicyclic) bond motifs is 2. The number of pyridine rings is 3. The number of aromatic nitrogens is 3. The molecule has 5 rings (SSSR count). The van der Waals surface area contributed by atoms with E-state index in [0.717, 1.165) is 27.6 Å². The molecule has 1 saturated carbocycles. The van der Waals surface area contributed by atoms with E-state index in [1.54, 1.807) is 18.6 Å². The topological polar surface area (TPSA) is 103 Å². The van der Waals surface area contributed by atoms with E-state index in [9.17, 15) is 4.79 Å². The Morgan fingerprint density at radius 2 is 2.07 bits per heavy atom. The second-order valence-corrected chi connectivity index (χ2v) is 7.25. The zero-order valence-electron chi connectivity index (χ0n) is 14.8. The largest absolute Gasteiger partial charge is 0.383 e. The Hall–Kier alpha value is -3.06. The van der Waals surface area contributed by atoms with Gasteiger partial charge >= 0.3 is 0 Å². The molecule has 1 amide bonds. The highest BCUT2D eigenvalue weighted by atomic mass is 16.5. The van der Waals surface area contributed by atoms with Crippen LogP contribution >= 0.6 is 0 Å². The van der Waals surface area contributed by atoms with Crippen LogP contribution in [0.3, 0.4) is 0 Å². The first-order valence-corrected chi connectivity index (χ1v) is 8.97. The van der Waals surface area contributed by atoms with Gasteiger partial charge in [0.1, 0.15) is 11.6 Å². The number of nitrogen functional groups attached to an aromatic ring is 1. The number of hydrogen-bond acceptors (Lipinski definition) is 6. The lowest BCUT2D eigenvalue weighted by Crippen LogP contribution is -2.19. The van der Waals surface area contributed by atoms with Crippen molar-refractivity contribution in [3.05, 3.63) is 42.4 Å².